The van der Waals surface area contributed by atoms with Gasteiger partial charge in [0.2, 0.25) is 0 Å². The fraction of sp³-hybridized carbons (Fsp3) is 0.455. The highest BCUT2D eigenvalue weighted by Gasteiger charge is 2.27. The van der Waals surface area contributed by atoms with Crippen LogP contribution in [0.4, 0.5) is 21.7 Å². The Hall–Kier alpha value is -3.31. The van der Waals surface area contributed by atoms with Gasteiger partial charge < -0.3 is 25.8 Å². The van der Waals surface area contributed by atoms with E-state index in [0.29, 0.717) is 36.2 Å². The van der Waals surface area contributed by atoms with Crippen LogP contribution in [-0.2, 0) is 4.74 Å². The molecule has 1 fully saturated rings. The highest BCUT2D eigenvalue weighted by molar-refractivity contribution is 5.99. The third-order valence-electron chi connectivity index (χ3n) is 5.45. The monoisotopic (exact) mass is 457 g/mol. The van der Waals surface area contributed by atoms with Gasteiger partial charge in [-0.15, -0.1) is 0 Å². The molecule has 0 saturated carbocycles. The van der Waals surface area contributed by atoms with Crippen molar-refractivity contribution in [2.45, 2.75) is 44.5 Å². The summed E-state index contributed by atoms with van der Waals surface area (Å²) in [6.45, 7) is 3.69. The highest BCUT2D eigenvalue weighted by atomic mass is 19.1. The van der Waals surface area contributed by atoms with Crippen LogP contribution in [0.25, 0.3) is 5.65 Å². The number of aliphatic hydroxyl groups is 1. The molecule has 0 radical (unpaired) electrons. The predicted octanol–water partition coefficient (Wildman–Crippen LogP) is 2.30. The number of rotatable bonds is 8. The fourth-order valence-electron chi connectivity index (χ4n) is 3.43. The summed E-state index contributed by atoms with van der Waals surface area (Å²) in [5.74, 6) is 0.599. The molecule has 1 aliphatic heterocycles. The van der Waals surface area contributed by atoms with E-state index in [9.17, 15) is 14.3 Å². The Kier molecular flexibility index (Phi) is 6.70. The topological polar surface area (TPSA) is 126 Å². The molecule has 1 aliphatic rings. The van der Waals surface area contributed by atoms with Crippen molar-refractivity contribution < 1.29 is 19.0 Å². The summed E-state index contributed by atoms with van der Waals surface area (Å²) in [6.07, 6.45) is 4.88. The number of fused-ring (bicyclic) bond motifs is 1. The third kappa shape index (κ3) is 5.74. The molecule has 1 atom stereocenters. The highest BCUT2D eigenvalue weighted by Crippen LogP contribution is 2.24. The summed E-state index contributed by atoms with van der Waals surface area (Å²) in [7, 11) is 0. The summed E-state index contributed by atoms with van der Waals surface area (Å²) in [6, 6.07) is 5.42. The van der Waals surface area contributed by atoms with Crippen LogP contribution in [0, 0.1) is 0 Å². The van der Waals surface area contributed by atoms with Gasteiger partial charge in [0.05, 0.1) is 29.6 Å². The minimum Gasteiger partial charge on any atom is -0.387 e. The van der Waals surface area contributed by atoms with E-state index in [4.69, 9.17) is 4.74 Å². The average molecular weight is 458 g/mol. The zero-order valence-corrected chi connectivity index (χ0v) is 18.6. The summed E-state index contributed by atoms with van der Waals surface area (Å²) < 4.78 is 21.2. The zero-order chi connectivity index (χ0) is 23.4. The lowest BCUT2D eigenvalue weighted by Crippen LogP contribution is -2.42. The molecule has 11 heteroatoms. The van der Waals surface area contributed by atoms with Crippen LogP contribution < -0.4 is 16.0 Å². The molecule has 0 aromatic carbocycles. The summed E-state index contributed by atoms with van der Waals surface area (Å²) in [5, 5.41) is 23.0. The second-order valence-electron chi connectivity index (χ2n) is 8.55. The second kappa shape index (κ2) is 9.67. The van der Waals surface area contributed by atoms with Crippen LogP contribution in [0.15, 0.2) is 36.8 Å². The van der Waals surface area contributed by atoms with Gasteiger partial charge in [-0.2, -0.15) is 5.10 Å². The second-order valence-corrected chi connectivity index (χ2v) is 8.55. The third-order valence-corrected chi connectivity index (χ3v) is 5.45. The molecule has 0 spiro atoms. The van der Waals surface area contributed by atoms with E-state index in [2.05, 4.69) is 31.0 Å². The number of amides is 1. The molecule has 176 valence electrons. The molecule has 0 bridgehead atoms. The van der Waals surface area contributed by atoms with Crippen LogP contribution in [0.3, 0.4) is 0 Å². The fourth-order valence-corrected chi connectivity index (χ4v) is 3.43. The molecule has 33 heavy (non-hydrogen) atoms. The number of alkyl halides is 1. The number of nitrogens with one attached hydrogen (secondary N) is 3. The van der Waals surface area contributed by atoms with Crippen molar-refractivity contribution in [1.29, 1.82) is 0 Å². The van der Waals surface area contributed by atoms with E-state index >= 15 is 0 Å². The van der Waals surface area contributed by atoms with Gasteiger partial charge in [-0.05, 0) is 32.8 Å². The minimum atomic E-state index is -1.60. The van der Waals surface area contributed by atoms with Crippen LogP contribution in [0.2, 0.25) is 0 Å². The van der Waals surface area contributed by atoms with Crippen LogP contribution in [0.1, 0.15) is 37.0 Å². The Balaban J connectivity index is 1.54. The minimum absolute atomic E-state index is 0.132. The Bertz CT molecular complexity index is 1110. The van der Waals surface area contributed by atoms with Gasteiger partial charge in [0.15, 0.2) is 5.65 Å². The number of hydrogen-bond donors (Lipinski definition) is 4. The normalized spacial score (nSPS) is 15.9. The lowest BCUT2D eigenvalue weighted by atomic mass is 10.0. The quantitative estimate of drug-likeness (QED) is 0.406. The molecular weight excluding hydrogens is 429 g/mol. The van der Waals surface area contributed by atoms with Gasteiger partial charge in [0.25, 0.3) is 5.91 Å². The standard InChI is InChI=1S/C22H28FN7O3/c1-22(2,32)17(23)13-25-21(31)15-12-24-19(11-16(15)27-14-5-9-33-10-6-14)28-18-4-8-30-20(29-18)3-7-26-30/h3-4,7-8,11-12,14,17,32H,5-6,9-10,13H2,1-2H3,(H,25,31)(H2,24,27,28,29)/t17-/m1/s1. The van der Waals surface area contributed by atoms with Crippen molar-refractivity contribution in [1.82, 2.24) is 24.9 Å². The van der Waals surface area contributed by atoms with Crippen LogP contribution in [-0.4, -0.2) is 68.2 Å². The zero-order valence-electron chi connectivity index (χ0n) is 18.6. The van der Waals surface area contributed by atoms with E-state index < -0.39 is 17.7 Å². The maximum Gasteiger partial charge on any atom is 0.255 e. The van der Waals surface area contributed by atoms with E-state index in [1.165, 1.54) is 20.0 Å². The molecule has 1 saturated heterocycles. The molecule has 3 aromatic rings. The van der Waals surface area contributed by atoms with E-state index in [-0.39, 0.29) is 18.2 Å². The molecule has 3 aromatic heterocycles. The number of nitrogens with zero attached hydrogens (tertiary/aromatic N) is 4. The van der Waals surface area contributed by atoms with E-state index in [1.807, 2.05) is 0 Å². The number of pyridine rings is 1. The first-order valence-electron chi connectivity index (χ1n) is 10.9. The maximum absolute atomic E-state index is 14.1. The SMILES string of the molecule is CC(C)(O)[C@H](F)CNC(=O)c1cnc(Nc2ccn3nccc3n2)cc1NC1CCOCC1. The Morgan fingerprint density at radius 3 is 2.88 bits per heavy atom. The van der Waals surface area contributed by atoms with Gasteiger partial charge >= 0.3 is 0 Å². The lowest BCUT2D eigenvalue weighted by Gasteiger charge is -2.26. The number of carbonyl (C=O) groups is 1. The Morgan fingerprint density at radius 1 is 1.33 bits per heavy atom. The molecular formula is C22H28FN7O3. The van der Waals surface area contributed by atoms with Crippen molar-refractivity contribution >= 4 is 28.9 Å². The van der Waals surface area contributed by atoms with Crippen LogP contribution >= 0.6 is 0 Å². The van der Waals surface area contributed by atoms with E-state index in [0.717, 1.165) is 12.8 Å². The molecule has 4 heterocycles. The first kappa shape index (κ1) is 22.9. The number of halogens is 1. The van der Waals surface area contributed by atoms with Crippen molar-refractivity contribution in [3.8, 4) is 0 Å². The lowest BCUT2D eigenvalue weighted by molar-refractivity contribution is -0.00177. The molecule has 0 unspecified atom stereocenters. The summed E-state index contributed by atoms with van der Waals surface area (Å²) in [4.78, 5) is 21.6. The van der Waals surface area contributed by atoms with Gasteiger partial charge in [-0.1, -0.05) is 0 Å². The Labute approximate surface area is 190 Å². The molecule has 4 N–H and O–H groups in total. The summed E-state index contributed by atoms with van der Waals surface area (Å²) >= 11 is 0. The smallest absolute Gasteiger partial charge is 0.255 e. The maximum atomic E-state index is 14.1. The summed E-state index contributed by atoms with van der Waals surface area (Å²) in [5.41, 5.74) is -0.00846. The molecule has 1 amide bonds. The number of ether oxygens (including phenoxy) is 1. The van der Waals surface area contributed by atoms with E-state index in [1.54, 1.807) is 35.1 Å². The van der Waals surface area contributed by atoms with Gasteiger partial charge in [0.1, 0.15) is 17.8 Å². The van der Waals surface area contributed by atoms with Gasteiger partial charge in [0, 0.05) is 43.8 Å². The number of carbonyl (C=O) groups excluding carboxylic acids is 1. The molecule has 4 rings (SSSR count). The van der Waals surface area contributed by atoms with Crippen molar-refractivity contribution in [2.24, 2.45) is 0 Å². The van der Waals surface area contributed by atoms with Gasteiger partial charge in [-0.3, -0.25) is 4.79 Å². The van der Waals surface area contributed by atoms with Crippen molar-refractivity contribution in [3.63, 3.8) is 0 Å². The molecule has 0 aliphatic carbocycles. The predicted molar refractivity (Wildman–Crippen MR) is 121 cm³/mol. The average Bonchev–Trinajstić information content (AvgIpc) is 3.25. The first-order valence-corrected chi connectivity index (χ1v) is 10.9. The van der Waals surface area contributed by atoms with Gasteiger partial charge in [-0.25, -0.2) is 18.9 Å². The van der Waals surface area contributed by atoms with Crippen molar-refractivity contribution in [3.05, 3.63) is 42.4 Å². The first-order chi connectivity index (χ1) is 15.8. The largest absolute Gasteiger partial charge is 0.387 e. The molecule has 10 nitrogen and oxygen atoms in total. The Morgan fingerprint density at radius 2 is 2.12 bits per heavy atom. The number of anilines is 3. The van der Waals surface area contributed by atoms with Crippen LogP contribution in [0.5, 0.6) is 0 Å². The van der Waals surface area contributed by atoms with Crippen molar-refractivity contribution in [2.75, 3.05) is 30.4 Å². The number of aromatic nitrogens is 4. The number of hydrogen-bond acceptors (Lipinski definition) is 8.